The third kappa shape index (κ3) is 9.58. The second kappa shape index (κ2) is 14.7. The molecule has 0 aromatic carbocycles. The number of pyridine rings is 1. The van der Waals surface area contributed by atoms with Gasteiger partial charge in [0.2, 0.25) is 0 Å². The van der Waals surface area contributed by atoms with Gasteiger partial charge in [0.15, 0.2) is 0 Å². The lowest BCUT2D eigenvalue weighted by Crippen LogP contribution is -2.47. The van der Waals surface area contributed by atoms with Gasteiger partial charge in [-0.2, -0.15) is 0 Å². The van der Waals surface area contributed by atoms with Gasteiger partial charge in [-0.3, -0.25) is 4.79 Å². The van der Waals surface area contributed by atoms with Gasteiger partial charge in [0, 0.05) is 37.8 Å². The highest BCUT2D eigenvalue weighted by Gasteiger charge is 2.23. The fraction of sp³-hybridized carbons (Fsp3) is 0.538. The molecule has 1 unspecified atom stereocenters. The Kier molecular flexibility index (Phi) is 11.1. The van der Waals surface area contributed by atoms with E-state index in [1.807, 2.05) is 0 Å². The fourth-order valence-electron chi connectivity index (χ4n) is 4.28. The zero-order chi connectivity index (χ0) is 28.2. The Morgan fingerprint density at radius 2 is 2.05 bits per heavy atom. The molecular weight excluding hydrogens is 506 g/mol. The Morgan fingerprint density at radius 3 is 2.74 bits per heavy atom. The van der Waals surface area contributed by atoms with Crippen LogP contribution in [0.1, 0.15) is 56.7 Å². The van der Waals surface area contributed by atoms with Crippen LogP contribution in [-0.2, 0) is 20.7 Å². The van der Waals surface area contributed by atoms with Gasteiger partial charge in [-0.05, 0) is 57.2 Å². The number of aliphatic carboxylic acids is 2. The molecule has 212 valence electrons. The molecule has 1 fully saturated rings. The molecule has 1 amide bonds. The number of amidine groups is 1. The average molecular weight is 544 g/mol. The lowest BCUT2D eigenvalue weighted by Gasteiger charge is -2.30. The number of amides is 1. The number of hydrogen-bond acceptors (Lipinski definition) is 8. The van der Waals surface area contributed by atoms with Gasteiger partial charge in [0.1, 0.15) is 30.1 Å². The molecular formula is C26H37N7O6. The largest absolute Gasteiger partial charge is 0.481 e. The van der Waals surface area contributed by atoms with E-state index in [0.29, 0.717) is 17.6 Å². The number of carboxylic acid groups (broad SMARTS) is 2. The van der Waals surface area contributed by atoms with Crippen molar-refractivity contribution in [1.82, 2.24) is 20.5 Å². The number of aryl methyl sites for hydroxylation is 1. The third-order valence-electron chi connectivity index (χ3n) is 6.45. The summed E-state index contributed by atoms with van der Waals surface area (Å²) in [5.74, 6) is -0.0861. The van der Waals surface area contributed by atoms with E-state index in [9.17, 15) is 19.5 Å². The summed E-state index contributed by atoms with van der Waals surface area (Å²) in [6.07, 6.45) is 6.25. The van der Waals surface area contributed by atoms with Gasteiger partial charge in [0.05, 0.1) is 12.8 Å². The van der Waals surface area contributed by atoms with Crippen molar-refractivity contribution in [3.05, 3.63) is 35.3 Å². The number of alkyl carbamates (subject to hydrolysis) is 1. The van der Waals surface area contributed by atoms with Crippen LogP contribution in [0, 0.1) is 0 Å². The molecule has 13 heteroatoms. The van der Waals surface area contributed by atoms with Gasteiger partial charge in [-0.1, -0.05) is 6.07 Å². The number of nitrogens with zero attached hydrogens (tertiary/aromatic N) is 4. The summed E-state index contributed by atoms with van der Waals surface area (Å²) in [5, 5.41) is 26.4. The van der Waals surface area contributed by atoms with Crippen molar-refractivity contribution in [2.24, 2.45) is 9.98 Å². The van der Waals surface area contributed by atoms with E-state index in [1.54, 1.807) is 26.3 Å². The van der Waals surface area contributed by atoms with E-state index in [0.717, 1.165) is 56.8 Å². The number of fused-ring (bicyclic) bond motifs is 1. The van der Waals surface area contributed by atoms with E-state index in [2.05, 4.69) is 47.7 Å². The number of rotatable bonds is 11. The molecule has 3 heterocycles. The number of aliphatic imine (C=N–C) groups is 2. The molecule has 1 aromatic rings. The molecule has 0 spiro atoms. The normalized spacial score (nSPS) is 17.2. The molecule has 1 atom stereocenters. The highest BCUT2D eigenvalue weighted by molar-refractivity contribution is 5.87. The van der Waals surface area contributed by atoms with Crippen molar-refractivity contribution in [2.75, 3.05) is 38.1 Å². The quantitative estimate of drug-likeness (QED) is 0.205. The van der Waals surface area contributed by atoms with Crippen LogP contribution in [0.2, 0.25) is 0 Å². The van der Waals surface area contributed by atoms with Gasteiger partial charge in [0.25, 0.3) is 0 Å². The Balaban J connectivity index is 1.45. The maximum absolute atomic E-state index is 11.7. The number of hydrogen-bond donors (Lipinski definition) is 5. The Bertz CT molecular complexity index is 1110. The van der Waals surface area contributed by atoms with Crippen LogP contribution in [0.3, 0.4) is 0 Å². The van der Waals surface area contributed by atoms with Crippen LogP contribution < -0.4 is 16.0 Å². The van der Waals surface area contributed by atoms with Crippen LogP contribution in [0.25, 0.3) is 0 Å². The topological polar surface area (TPSA) is 178 Å². The second-order valence-electron chi connectivity index (χ2n) is 9.36. The summed E-state index contributed by atoms with van der Waals surface area (Å²) < 4.78 is 4.68. The number of aromatic nitrogens is 1. The first-order valence-corrected chi connectivity index (χ1v) is 13.1. The molecule has 2 aliphatic rings. The lowest BCUT2D eigenvalue weighted by atomic mass is 9.92. The molecule has 0 bridgehead atoms. The van der Waals surface area contributed by atoms with Crippen molar-refractivity contribution in [3.8, 4) is 0 Å². The number of allylic oxidation sites excluding steroid dienone is 1. The fourth-order valence-corrected chi connectivity index (χ4v) is 4.28. The Labute approximate surface area is 227 Å². The van der Waals surface area contributed by atoms with Gasteiger partial charge >= 0.3 is 18.0 Å². The smallest absolute Gasteiger partial charge is 0.407 e. The third-order valence-corrected chi connectivity index (χ3v) is 6.45. The minimum absolute atomic E-state index is 0.163. The van der Waals surface area contributed by atoms with E-state index in [1.165, 1.54) is 5.56 Å². The molecule has 1 saturated heterocycles. The summed E-state index contributed by atoms with van der Waals surface area (Å²) in [4.78, 5) is 49.6. The Hall–Kier alpha value is -4.16. The number of carbonyl (C=O) groups excluding carboxylic acids is 1. The molecule has 13 nitrogen and oxygen atoms in total. The zero-order valence-corrected chi connectivity index (χ0v) is 22.4. The lowest BCUT2D eigenvalue weighted by molar-refractivity contribution is -0.140. The Morgan fingerprint density at radius 1 is 1.28 bits per heavy atom. The average Bonchev–Trinajstić information content (AvgIpc) is 2.93. The van der Waals surface area contributed by atoms with Gasteiger partial charge in [-0.25, -0.2) is 24.6 Å². The minimum atomic E-state index is -1.31. The molecule has 3 rings (SSSR count). The van der Waals surface area contributed by atoms with Gasteiger partial charge < -0.3 is 35.8 Å². The van der Waals surface area contributed by atoms with Crippen LogP contribution in [-0.4, -0.2) is 89.1 Å². The SMILES string of the molecule is C/C=C(/N=C(C)N=CN1CCC(c2ccc3c(n2)NCCC3)CC1)NCC(NC(=O)OCCC(=O)O)C(=O)O. The first-order valence-electron chi connectivity index (χ1n) is 13.1. The van der Waals surface area contributed by atoms with Crippen LogP contribution >= 0.6 is 0 Å². The second-order valence-corrected chi connectivity index (χ2v) is 9.36. The van der Waals surface area contributed by atoms with Crippen molar-refractivity contribution in [3.63, 3.8) is 0 Å². The maximum atomic E-state index is 11.7. The predicted octanol–water partition coefficient (Wildman–Crippen LogP) is 2.17. The van der Waals surface area contributed by atoms with Crippen molar-refractivity contribution in [1.29, 1.82) is 0 Å². The number of likely N-dealkylation sites (tertiary alicyclic amines) is 1. The first kappa shape index (κ1) is 29.4. The first-order chi connectivity index (χ1) is 18.7. The standard InChI is InChI=1S/C26H37N7O6/c1-3-22(28-15-21(25(36)37)32-26(38)39-14-10-23(34)35)30-17(2)29-16-33-12-8-18(9-13-33)20-7-6-19-5-4-11-27-24(19)31-20/h3,6-7,16,18,21,28H,4-5,8-15H2,1-2H3,(H,27,31)(H,32,38)(H,34,35)(H,36,37)/b22-3+,29-16?,30-17?. The number of piperidine rings is 1. The van der Waals surface area contributed by atoms with Crippen molar-refractivity contribution < 1.29 is 29.3 Å². The molecule has 39 heavy (non-hydrogen) atoms. The maximum Gasteiger partial charge on any atom is 0.407 e. The zero-order valence-electron chi connectivity index (χ0n) is 22.4. The summed E-state index contributed by atoms with van der Waals surface area (Å²) >= 11 is 0. The molecule has 0 radical (unpaired) electrons. The molecule has 5 N–H and O–H groups in total. The molecule has 2 aliphatic heterocycles. The van der Waals surface area contributed by atoms with Crippen LogP contribution in [0.15, 0.2) is 34.0 Å². The van der Waals surface area contributed by atoms with Gasteiger partial charge in [-0.15, -0.1) is 0 Å². The van der Waals surface area contributed by atoms with E-state index in [-0.39, 0.29) is 19.6 Å². The number of ether oxygens (including phenoxy) is 1. The van der Waals surface area contributed by atoms with Crippen molar-refractivity contribution in [2.45, 2.75) is 57.9 Å². The van der Waals surface area contributed by atoms with E-state index in [4.69, 9.17) is 10.1 Å². The van der Waals surface area contributed by atoms with Crippen molar-refractivity contribution >= 4 is 36.0 Å². The summed E-state index contributed by atoms with van der Waals surface area (Å²) in [7, 11) is 0. The van der Waals surface area contributed by atoms with E-state index < -0.39 is 24.1 Å². The van der Waals surface area contributed by atoms with E-state index >= 15 is 0 Å². The highest BCUT2D eigenvalue weighted by Crippen LogP contribution is 2.29. The molecule has 0 aliphatic carbocycles. The highest BCUT2D eigenvalue weighted by atomic mass is 16.5. The van der Waals surface area contributed by atoms with Crippen LogP contribution in [0.5, 0.6) is 0 Å². The monoisotopic (exact) mass is 543 g/mol. The number of carbonyl (C=O) groups is 3. The summed E-state index contributed by atoms with van der Waals surface area (Å²) in [6, 6.07) is 3.06. The van der Waals surface area contributed by atoms with Crippen LogP contribution in [0.4, 0.5) is 10.6 Å². The predicted molar refractivity (Wildman–Crippen MR) is 146 cm³/mol. The molecule has 1 aromatic heterocycles. The summed E-state index contributed by atoms with van der Waals surface area (Å²) in [5.41, 5.74) is 2.44. The molecule has 0 saturated carbocycles. The minimum Gasteiger partial charge on any atom is -0.481 e. The summed E-state index contributed by atoms with van der Waals surface area (Å²) in [6.45, 7) is 5.65. The number of nitrogens with one attached hydrogen (secondary N) is 3. The number of carboxylic acids is 2. The number of anilines is 1.